The molecule has 1 aliphatic rings. The minimum atomic E-state index is 0.188. The summed E-state index contributed by atoms with van der Waals surface area (Å²) in [6, 6.07) is 6.44. The van der Waals surface area contributed by atoms with Gasteiger partial charge in [0.25, 0.3) is 0 Å². The third-order valence-electron chi connectivity index (χ3n) is 3.88. The highest BCUT2D eigenvalue weighted by Crippen LogP contribution is 2.30. The Morgan fingerprint density at radius 3 is 2.84 bits per heavy atom. The van der Waals surface area contributed by atoms with Gasteiger partial charge in [0.15, 0.2) is 0 Å². The second-order valence-electron chi connectivity index (χ2n) is 5.29. The average molecular weight is 264 g/mol. The van der Waals surface area contributed by atoms with Crippen LogP contribution in [-0.4, -0.2) is 56.4 Å². The van der Waals surface area contributed by atoms with E-state index in [1.807, 2.05) is 6.07 Å². The lowest BCUT2D eigenvalue weighted by Gasteiger charge is -2.29. The van der Waals surface area contributed by atoms with Gasteiger partial charge in [-0.15, -0.1) is 0 Å². The van der Waals surface area contributed by atoms with Crippen LogP contribution in [-0.2, 0) is 0 Å². The van der Waals surface area contributed by atoms with Crippen molar-refractivity contribution in [2.45, 2.75) is 19.4 Å². The molecule has 4 heteroatoms. The van der Waals surface area contributed by atoms with Crippen molar-refractivity contribution in [3.05, 3.63) is 23.8 Å². The van der Waals surface area contributed by atoms with Crippen LogP contribution in [0.3, 0.4) is 0 Å². The summed E-state index contributed by atoms with van der Waals surface area (Å²) < 4.78 is 5.47. The molecule has 4 nitrogen and oxygen atoms in total. The quantitative estimate of drug-likeness (QED) is 0.897. The Bertz CT molecular complexity index is 423. The number of anilines is 1. The van der Waals surface area contributed by atoms with Crippen molar-refractivity contribution in [3.8, 4) is 5.75 Å². The van der Waals surface area contributed by atoms with Gasteiger partial charge in [0, 0.05) is 19.1 Å². The molecule has 0 amide bonds. The third-order valence-corrected chi connectivity index (χ3v) is 3.88. The second kappa shape index (κ2) is 6.26. The molecule has 1 heterocycles. The summed E-state index contributed by atoms with van der Waals surface area (Å²) in [6.45, 7) is 5.15. The molecule has 106 valence electrons. The van der Waals surface area contributed by atoms with Crippen molar-refractivity contribution in [1.29, 1.82) is 0 Å². The van der Waals surface area contributed by atoms with Crippen molar-refractivity contribution in [2.24, 2.45) is 0 Å². The Labute approximate surface area is 115 Å². The van der Waals surface area contributed by atoms with Crippen molar-refractivity contribution in [1.82, 2.24) is 4.90 Å². The lowest BCUT2D eigenvalue weighted by molar-refractivity contribution is 0.159. The summed E-state index contributed by atoms with van der Waals surface area (Å²) in [5.74, 6) is 0.909. The van der Waals surface area contributed by atoms with E-state index < -0.39 is 0 Å². The first-order valence-electron chi connectivity index (χ1n) is 6.86. The topological polar surface area (TPSA) is 35.9 Å². The number of benzene rings is 1. The first-order chi connectivity index (χ1) is 9.15. The molecule has 0 bridgehead atoms. The number of rotatable bonds is 3. The molecule has 0 saturated carbocycles. The molecule has 1 aromatic carbocycles. The van der Waals surface area contributed by atoms with Gasteiger partial charge in [-0.3, -0.25) is 4.90 Å². The molecule has 1 N–H and O–H groups in total. The Morgan fingerprint density at radius 2 is 2.16 bits per heavy atom. The summed E-state index contributed by atoms with van der Waals surface area (Å²) in [5.41, 5.74) is 2.37. The SMILES string of the molecule is COc1ccc(C)cc1N1CCCN(C)C(CO)C1. The zero-order valence-corrected chi connectivity index (χ0v) is 12.1. The van der Waals surface area contributed by atoms with E-state index >= 15 is 0 Å². The fraction of sp³-hybridized carbons (Fsp3) is 0.600. The van der Waals surface area contributed by atoms with Gasteiger partial charge in [-0.05, 0) is 44.6 Å². The van der Waals surface area contributed by atoms with E-state index in [0.29, 0.717) is 0 Å². The summed E-state index contributed by atoms with van der Waals surface area (Å²) >= 11 is 0. The Morgan fingerprint density at radius 1 is 1.37 bits per heavy atom. The Balaban J connectivity index is 2.27. The number of hydrogen-bond acceptors (Lipinski definition) is 4. The van der Waals surface area contributed by atoms with Crippen LogP contribution in [0.15, 0.2) is 18.2 Å². The van der Waals surface area contributed by atoms with Crippen molar-refractivity contribution >= 4 is 5.69 Å². The molecule has 1 unspecified atom stereocenters. The molecule has 2 rings (SSSR count). The fourth-order valence-corrected chi connectivity index (χ4v) is 2.64. The van der Waals surface area contributed by atoms with Crippen molar-refractivity contribution in [2.75, 3.05) is 45.3 Å². The van der Waals surface area contributed by atoms with Crippen LogP contribution in [0.25, 0.3) is 0 Å². The van der Waals surface area contributed by atoms with Crippen LogP contribution in [0.5, 0.6) is 5.75 Å². The molecule has 0 aliphatic carbocycles. The third kappa shape index (κ3) is 3.19. The van der Waals surface area contributed by atoms with Gasteiger partial charge < -0.3 is 14.7 Å². The predicted molar refractivity (Wildman–Crippen MR) is 78.1 cm³/mol. The van der Waals surface area contributed by atoms with Gasteiger partial charge in [-0.25, -0.2) is 0 Å². The molecule has 1 aromatic rings. The first kappa shape index (κ1) is 14.2. The van der Waals surface area contributed by atoms with Crippen LogP contribution in [0.4, 0.5) is 5.69 Å². The van der Waals surface area contributed by atoms with Crippen LogP contribution >= 0.6 is 0 Å². The zero-order valence-electron chi connectivity index (χ0n) is 12.1. The van der Waals surface area contributed by atoms with Crippen LogP contribution < -0.4 is 9.64 Å². The van der Waals surface area contributed by atoms with E-state index in [2.05, 4.69) is 35.9 Å². The molecule has 1 aliphatic heterocycles. The van der Waals surface area contributed by atoms with E-state index in [9.17, 15) is 5.11 Å². The number of hydrogen-bond donors (Lipinski definition) is 1. The first-order valence-corrected chi connectivity index (χ1v) is 6.86. The van der Waals surface area contributed by atoms with E-state index in [-0.39, 0.29) is 12.6 Å². The minimum absolute atomic E-state index is 0.188. The van der Waals surface area contributed by atoms with Crippen LogP contribution in [0.2, 0.25) is 0 Å². The van der Waals surface area contributed by atoms with Gasteiger partial charge in [0.1, 0.15) is 5.75 Å². The second-order valence-corrected chi connectivity index (χ2v) is 5.29. The molecular weight excluding hydrogens is 240 g/mol. The summed E-state index contributed by atoms with van der Waals surface area (Å²) in [4.78, 5) is 4.57. The molecular formula is C15H24N2O2. The molecule has 0 aromatic heterocycles. The number of aryl methyl sites for hydroxylation is 1. The van der Waals surface area contributed by atoms with Gasteiger partial charge in [-0.2, -0.15) is 0 Å². The zero-order chi connectivity index (χ0) is 13.8. The molecule has 1 atom stereocenters. The number of ether oxygens (including phenoxy) is 1. The smallest absolute Gasteiger partial charge is 0.142 e. The van der Waals surface area contributed by atoms with Crippen molar-refractivity contribution < 1.29 is 9.84 Å². The molecule has 0 spiro atoms. The lowest BCUT2D eigenvalue weighted by Crippen LogP contribution is -2.41. The maximum Gasteiger partial charge on any atom is 0.142 e. The number of nitrogens with zero attached hydrogens (tertiary/aromatic N) is 2. The number of aliphatic hydroxyl groups is 1. The Kier molecular flexibility index (Phi) is 4.66. The monoisotopic (exact) mass is 264 g/mol. The molecule has 1 saturated heterocycles. The van der Waals surface area contributed by atoms with Crippen LogP contribution in [0, 0.1) is 6.92 Å². The number of likely N-dealkylation sites (N-methyl/N-ethyl adjacent to an activating group) is 1. The standard InChI is InChI=1S/C15H24N2O2/c1-12-5-6-15(19-3)14(9-12)17-8-4-7-16(2)13(10-17)11-18/h5-6,9,13,18H,4,7-8,10-11H2,1-3H3. The molecule has 1 fully saturated rings. The number of methoxy groups -OCH3 is 1. The fourth-order valence-electron chi connectivity index (χ4n) is 2.64. The number of aliphatic hydroxyl groups excluding tert-OH is 1. The maximum atomic E-state index is 9.53. The van der Waals surface area contributed by atoms with Gasteiger partial charge in [0.2, 0.25) is 0 Å². The molecule has 0 radical (unpaired) electrons. The highest BCUT2D eigenvalue weighted by atomic mass is 16.5. The minimum Gasteiger partial charge on any atom is -0.495 e. The highest BCUT2D eigenvalue weighted by Gasteiger charge is 2.23. The largest absolute Gasteiger partial charge is 0.495 e. The Hall–Kier alpha value is -1.26. The van der Waals surface area contributed by atoms with Crippen LogP contribution in [0.1, 0.15) is 12.0 Å². The normalized spacial score (nSPS) is 21.3. The average Bonchev–Trinajstić information content (AvgIpc) is 2.60. The van der Waals surface area contributed by atoms with Gasteiger partial charge in [-0.1, -0.05) is 6.07 Å². The van der Waals surface area contributed by atoms with E-state index in [4.69, 9.17) is 4.74 Å². The highest BCUT2D eigenvalue weighted by molar-refractivity contribution is 5.60. The maximum absolute atomic E-state index is 9.53. The van der Waals surface area contributed by atoms with Gasteiger partial charge in [0.05, 0.1) is 19.4 Å². The van der Waals surface area contributed by atoms with E-state index in [1.165, 1.54) is 5.56 Å². The summed E-state index contributed by atoms with van der Waals surface area (Å²) in [6.07, 6.45) is 1.10. The lowest BCUT2D eigenvalue weighted by atomic mass is 10.1. The van der Waals surface area contributed by atoms with E-state index in [1.54, 1.807) is 7.11 Å². The van der Waals surface area contributed by atoms with E-state index in [0.717, 1.165) is 37.5 Å². The summed E-state index contributed by atoms with van der Waals surface area (Å²) in [7, 11) is 3.79. The van der Waals surface area contributed by atoms with Crippen molar-refractivity contribution in [3.63, 3.8) is 0 Å². The predicted octanol–water partition coefficient (Wildman–Crippen LogP) is 1.51. The summed E-state index contributed by atoms with van der Waals surface area (Å²) in [5, 5.41) is 9.53. The van der Waals surface area contributed by atoms with Gasteiger partial charge >= 0.3 is 0 Å². The molecule has 19 heavy (non-hydrogen) atoms.